The molecule has 3 atom stereocenters. The van der Waals surface area contributed by atoms with Crippen LogP contribution in [-0.4, -0.2) is 27.9 Å². The van der Waals surface area contributed by atoms with Crippen molar-refractivity contribution in [3.8, 4) is 0 Å². The van der Waals surface area contributed by atoms with E-state index >= 15 is 0 Å². The third kappa shape index (κ3) is 6.43. The van der Waals surface area contributed by atoms with Gasteiger partial charge >= 0.3 is 0 Å². The molecule has 1 aliphatic rings. The molecule has 0 aliphatic carbocycles. The molecule has 0 aromatic heterocycles. The average molecular weight is 360 g/mol. The predicted octanol–water partition coefficient (Wildman–Crippen LogP) is 4.23. The first-order valence-electron chi connectivity index (χ1n) is 9.09. The van der Waals surface area contributed by atoms with Gasteiger partial charge in [-0.3, -0.25) is 4.79 Å². The lowest BCUT2D eigenvalue weighted by atomic mass is 9.96. The summed E-state index contributed by atoms with van der Waals surface area (Å²) < 4.78 is 5.22. The molecule has 26 heavy (non-hydrogen) atoms. The number of aliphatic hydroxyl groups is 2. The van der Waals surface area contributed by atoms with E-state index in [4.69, 9.17) is 4.74 Å². The van der Waals surface area contributed by atoms with Crippen LogP contribution in [0.4, 0.5) is 0 Å². The van der Waals surface area contributed by atoms with Crippen molar-refractivity contribution >= 4 is 5.78 Å². The van der Waals surface area contributed by atoms with E-state index in [-0.39, 0.29) is 5.92 Å². The normalized spacial score (nSPS) is 24.5. The number of hydrogen-bond acceptors (Lipinski definition) is 4. The second-order valence-corrected chi connectivity index (χ2v) is 7.41. The minimum absolute atomic E-state index is 0.0166. The van der Waals surface area contributed by atoms with Gasteiger partial charge in [0.05, 0.1) is 6.10 Å². The lowest BCUT2D eigenvalue weighted by Gasteiger charge is -2.16. The van der Waals surface area contributed by atoms with Crippen molar-refractivity contribution in [3.05, 3.63) is 59.4 Å². The Balaban J connectivity index is 2.56. The number of rotatable bonds is 8. The molecule has 0 spiro atoms. The zero-order valence-electron chi connectivity index (χ0n) is 16.7. The maximum atomic E-state index is 11.7. The van der Waals surface area contributed by atoms with Crippen molar-refractivity contribution in [2.45, 2.75) is 59.9 Å². The van der Waals surface area contributed by atoms with Crippen molar-refractivity contribution in [2.75, 3.05) is 0 Å². The fraction of sp³-hybridized carbons (Fsp3) is 0.500. The summed E-state index contributed by atoms with van der Waals surface area (Å²) in [7, 11) is 0. The van der Waals surface area contributed by atoms with E-state index in [1.54, 1.807) is 25.2 Å². The summed E-state index contributed by atoms with van der Waals surface area (Å²) in [6.07, 6.45) is 13.5. The first-order chi connectivity index (χ1) is 12.1. The third-order valence-corrected chi connectivity index (χ3v) is 4.31. The van der Waals surface area contributed by atoms with E-state index in [1.165, 1.54) is 6.92 Å². The van der Waals surface area contributed by atoms with Crippen LogP contribution in [0.25, 0.3) is 0 Å². The molecular formula is C22H32O4. The Morgan fingerprint density at radius 3 is 2.35 bits per heavy atom. The highest BCUT2D eigenvalue weighted by molar-refractivity contribution is 6.02. The summed E-state index contributed by atoms with van der Waals surface area (Å²) in [6, 6.07) is 0. The van der Waals surface area contributed by atoms with Gasteiger partial charge in [-0.1, -0.05) is 57.2 Å². The minimum atomic E-state index is -1.76. The van der Waals surface area contributed by atoms with Crippen LogP contribution in [0.1, 0.15) is 48.0 Å². The molecule has 2 N–H and O–H groups in total. The van der Waals surface area contributed by atoms with Gasteiger partial charge in [-0.25, -0.2) is 0 Å². The van der Waals surface area contributed by atoms with Gasteiger partial charge < -0.3 is 14.9 Å². The van der Waals surface area contributed by atoms with Gasteiger partial charge in [0, 0.05) is 18.4 Å². The summed E-state index contributed by atoms with van der Waals surface area (Å²) >= 11 is 0. The molecule has 1 heterocycles. The lowest BCUT2D eigenvalue weighted by molar-refractivity contribution is -0.168. The van der Waals surface area contributed by atoms with Gasteiger partial charge in [-0.2, -0.15) is 0 Å². The van der Waals surface area contributed by atoms with Crippen LogP contribution in [0, 0.1) is 11.8 Å². The second-order valence-electron chi connectivity index (χ2n) is 7.41. The van der Waals surface area contributed by atoms with Crippen molar-refractivity contribution in [2.24, 2.45) is 11.8 Å². The van der Waals surface area contributed by atoms with Crippen LogP contribution >= 0.6 is 0 Å². The molecule has 1 unspecified atom stereocenters. The topological polar surface area (TPSA) is 66.8 Å². The standard InChI is InChI=1S/C22H32O4/c1-15(2)13-14-17(4)20(23)16(3)11-9-7-8-10-12-19-18(5)21(24)22(6,25)26-19/h7-12,14-16,20,23,25H,13H2,1-6H3/b8-7+,11-9+,12-10+,17-14+/t16-,20-,22?/m1/s1. The van der Waals surface area contributed by atoms with E-state index in [2.05, 4.69) is 19.9 Å². The number of aliphatic hydroxyl groups excluding tert-OH is 1. The average Bonchev–Trinajstić information content (AvgIpc) is 2.77. The van der Waals surface area contributed by atoms with Gasteiger partial charge in [0.1, 0.15) is 5.76 Å². The molecule has 4 heteroatoms. The Morgan fingerprint density at radius 1 is 1.19 bits per heavy atom. The van der Waals surface area contributed by atoms with Gasteiger partial charge in [-0.15, -0.1) is 0 Å². The molecule has 144 valence electrons. The number of ether oxygens (including phenoxy) is 1. The van der Waals surface area contributed by atoms with E-state index in [1.807, 2.05) is 32.1 Å². The minimum Gasteiger partial charge on any atom is -0.455 e. The summed E-state index contributed by atoms with van der Waals surface area (Å²) in [5.74, 6) is -1.20. The number of hydrogen-bond donors (Lipinski definition) is 2. The van der Waals surface area contributed by atoms with Crippen molar-refractivity contribution in [1.29, 1.82) is 0 Å². The van der Waals surface area contributed by atoms with Gasteiger partial charge in [-0.05, 0) is 37.8 Å². The highest BCUT2D eigenvalue weighted by atomic mass is 16.6. The Labute approximate surface area is 157 Å². The van der Waals surface area contributed by atoms with Gasteiger partial charge in [0.2, 0.25) is 5.78 Å². The number of carbonyl (C=O) groups is 1. The number of ketones is 1. The Bertz CT molecular complexity index is 645. The monoisotopic (exact) mass is 360 g/mol. The zero-order chi connectivity index (χ0) is 19.9. The quantitative estimate of drug-likeness (QED) is 0.502. The molecular weight excluding hydrogens is 328 g/mol. The molecule has 0 aromatic rings. The summed E-state index contributed by atoms with van der Waals surface area (Å²) in [5, 5.41) is 20.1. The largest absolute Gasteiger partial charge is 0.455 e. The zero-order valence-corrected chi connectivity index (χ0v) is 16.7. The molecule has 0 radical (unpaired) electrons. The molecule has 0 saturated carbocycles. The van der Waals surface area contributed by atoms with Crippen LogP contribution in [0.3, 0.4) is 0 Å². The van der Waals surface area contributed by atoms with Crippen LogP contribution in [0.5, 0.6) is 0 Å². The van der Waals surface area contributed by atoms with E-state index in [0.717, 1.165) is 12.0 Å². The maximum absolute atomic E-state index is 11.7. The molecule has 4 nitrogen and oxygen atoms in total. The van der Waals surface area contributed by atoms with E-state index < -0.39 is 17.7 Å². The van der Waals surface area contributed by atoms with Crippen LogP contribution in [0.15, 0.2) is 59.4 Å². The fourth-order valence-electron chi connectivity index (χ4n) is 2.53. The van der Waals surface area contributed by atoms with Crippen LogP contribution < -0.4 is 0 Å². The first kappa shape index (κ1) is 22.1. The SMILES string of the molecule is CC1=C(/C=C/C=C/C=C/[C@@H](C)[C@@H](O)/C(C)=C/CC(C)C)OC(C)(O)C1=O. The van der Waals surface area contributed by atoms with E-state index in [9.17, 15) is 15.0 Å². The number of Topliss-reactive ketones (excluding diaryl/α,β-unsaturated/α-hetero) is 1. The van der Waals surface area contributed by atoms with Crippen LogP contribution in [-0.2, 0) is 9.53 Å². The summed E-state index contributed by atoms with van der Waals surface area (Å²) in [4.78, 5) is 11.7. The molecule has 1 aliphatic heterocycles. The smallest absolute Gasteiger partial charge is 0.269 e. The maximum Gasteiger partial charge on any atom is 0.269 e. The lowest BCUT2D eigenvalue weighted by Crippen LogP contribution is -2.32. The third-order valence-electron chi connectivity index (χ3n) is 4.31. The highest BCUT2D eigenvalue weighted by Crippen LogP contribution is 2.28. The summed E-state index contributed by atoms with van der Waals surface area (Å²) in [5.41, 5.74) is 1.41. The molecule has 0 amide bonds. The van der Waals surface area contributed by atoms with Crippen molar-refractivity contribution in [1.82, 2.24) is 0 Å². The number of carbonyl (C=O) groups excluding carboxylic acids is 1. The fourth-order valence-corrected chi connectivity index (χ4v) is 2.53. The van der Waals surface area contributed by atoms with E-state index in [0.29, 0.717) is 17.3 Å². The molecule has 1 rings (SSSR count). The molecule has 0 bridgehead atoms. The molecule has 0 saturated heterocycles. The molecule has 0 aromatic carbocycles. The first-order valence-corrected chi connectivity index (χ1v) is 9.09. The van der Waals surface area contributed by atoms with Gasteiger partial charge in [0.15, 0.2) is 0 Å². The van der Waals surface area contributed by atoms with Crippen molar-refractivity contribution in [3.63, 3.8) is 0 Å². The predicted molar refractivity (Wildman–Crippen MR) is 105 cm³/mol. The highest BCUT2D eigenvalue weighted by Gasteiger charge is 2.41. The van der Waals surface area contributed by atoms with Crippen molar-refractivity contribution < 1.29 is 19.7 Å². The second kappa shape index (κ2) is 9.70. The Hall–Kier alpha value is -1.91. The number of allylic oxidation sites excluding steroid dienone is 6. The van der Waals surface area contributed by atoms with Crippen LogP contribution in [0.2, 0.25) is 0 Å². The Kier molecular flexibility index (Phi) is 8.25. The Morgan fingerprint density at radius 2 is 1.81 bits per heavy atom. The summed E-state index contributed by atoms with van der Waals surface area (Å²) in [6.45, 7) is 11.2. The molecule has 0 fully saturated rings. The van der Waals surface area contributed by atoms with Gasteiger partial charge in [0.25, 0.3) is 5.79 Å².